The second kappa shape index (κ2) is 2.77. The average Bonchev–Trinajstić information content (AvgIpc) is 1.60. The maximum atomic E-state index is 11.6. The van der Waals surface area contributed by atoms with Gasteiger partial charge in [0.2, 0.25) is 0 Å². The summed E-state index contributed by atoms with van der Waals surface area (Å²) < 4.78 is 23.1. The van der Waals surface area contributed by atoms with E-state index >= 15 is 0 Å². The predicted octanol–water partition coefficient (Wildman–Crippen LogP) is 0.00760. The lowest BCUT2D eigenvalue weighted by Gasteiger charge is -2.36. The van der Waals surface area contributed by atoms with Crippen LogP contribution in [0.15, 0.2) is 0 Å². The van der Waals surface area contributed by atoms with Crippen LogP contribution >= 0.6 is 12.4 Å². The number of halogens is 3. The van der Waals surface area contributed by atoms with E-state index < -0.39 is 12.0 Å². The molecule has 0 amide bonds. The van der Waals surface area contributed by atoms with Gasteiger partial charge in [-0.05, 0) is 0 Å². The Morgan fingerprint density at radius 1 is 1.44 bits per heavy atom. The van der Waals surface area contributed by atoms with Gasteiger partial charge in [0.1, 0.15) is 5.60 Å². The van der Waals surface area contributed by atoms with E-state index in [0.29, 0.717) is 0 Å². The van der Waals surface area contributed by atoms with Crippen LogP contribution in [0.2, 0.25) is 0 Å². The zero-order valence-corrected chi connectivity index (χ0v) is 5.42. The number of hydrogen-bond acceptors (Lipinski definition) is 2. The first kappa shape index (κ1) is 9.07. The Balaban J connectivity index is 0.000000640. The van der Waals surface area contributed by atoms with Gasteiger partial charge in [-0.1, -0.05) is 0 Å². The van der Waals surface area contributed by atoms with Gasteiger partial charge in [0.05, 0.1) is 0 Å². The molecule has 0 atom stereocenters. The van der Waals surface area contributed by atoms with Crippen molar-refractivity contribution in [1.82, 2.24) is 5.32 Å². The van der Waals surface area contributed by atoms with Crippen LogP contribution in [0.5, 0.6) is 0 Å². The van der Waals surface area contributed by atoms with Crippen molar-refractivity contribution in [2.24, 2.45) is 0 Å². The smallest absolute Gasteiger partial charge is 0.269 e. The maximum absolute atomic E-state index is 11.6. The Labute approximate surface area is 57.7 Å². The zero-order valence-electron chi connectivity index (χ0n) is 4.60. The number of aliphatic hydroxyl groups is 1. The van der Waals surface area contributed by atoms with E-state index in [9.17, 15) is 8.78 Å². The first-order chi connectivity index (χ1) is 3.65. The van der Waals surface area contributed by atoms with Crippen LogP contribution in [0.4, 0.5) is 8.78 Å². The van der Waals surface area contributed by atoms with Crippen molar-refractivity contribution in [2.45, 2.75) is 12.0 Å². The van der Waals surface area contributed by atoms with Crippen LogP contribution in [0, 0.1) is 0 Å². The number of hydrogen-bond donors (Lipinski definition) is 2. The van der Waals surface area contributed by atoms with E-state index in [1.807, 2.05) is 0 Å². The summed E-state index contributed by atoms with van der Waals surface area (Å²) in [7, 11) is 0. The molecule has 1 aliphatic rings. The molecule has 0 spiro atoms. The first-order valence-corrected chi connectivity index (χ1v) is 2.36. The minimum absolute atomic E-state index is 0. The van der Waals surface area contributed by atoms with E-state index in [1.54, 1.807) is 0 Å². The van der Waals surface area contributed by atoms with E-state index in [4.69, 9.17) is 5.11 Å². The molecule has 0 aromatic heterocycles. The van der Waals surface area contributed by atoms with Crippen molar-refractivity contribution < 1.29 is 13.9 Å². The highest BCUT2D eigenvalue weighted by Crippen LogP contribution is 2.18. The molecule has 0 bridgehead atoms. The molecule has 0 unspecified atom stereocenters. The average molecular weight is 160 g/mol. The maximum Gasteiger partial charge on any atom is 0.269 e. The van der Waals surface area contributed by atoms with Crippen molar-refractivity contribution in [3.05, 3.63) is 0 Å². The van der Waals surface area contributed by atoms with Gasteiger partial charge in [0, 0.05) is 13.1 Å². The molecule has 5 heteroatoms. The molecular weight excluding hydrogens is 151 g/mol. The minimum atomic E-state index is -2.61. The first-order valence-electron chi connectivity index (χ1n) is 2.36. The molecule has 1 fully saturated rings. The number of alkyl halides is 2. The van der Waals surface area contributed by atoms with Gasteiger partial charge in [-0.2, -0.15) is 0 Å². The number of nitrogens with one attached hydrogen (secondary N) is 1. The Kier molecular flexibility index (Phi) is 2.79. The van der Waals surface area contributed by atoms with Gasteiger partial charge in [-0.3, -0.25) is 0 Å². The molecule has 0 aliphatic carbocycles. The molecule has 1 rings (SSSR count). The molecule has 2 nitrogen and oxygen atoms in total. The zero-order chi connectivity index (χ0) is 6.20. The van der Waals surface area contributed by atoms with E-state index in [0.717, 1.165) is 0 Å². The quantitative estimate of drug-likeness (QED) is 0.565. The van der Waals surface area contributed by atoms with E-state index in [2.05, 4.69) is 5.32 Å². The highest BCUT2D eigenvalue weighted by atomic mass is 35.5. The molecule has 0 aromatic carbocycles. The molecule has 1 aliphatic heterocycles. The van der Waals surface area contributed by atoms with Gasteiger partial charge in [0.15, 0.2) is 0 Å². The summed E-state index contributed by atoms with van der Waals surface area (Å²) in [4.78, 5) is 0. The van der Waals surface area contributed by atoms with Crippen molar-refractivity contribution in [3.63, 3.8) is 0 Å². The monoisotopic (exact) mass is 159 g/mol. The second-order valence-electron chi connectivity index (χ2n) is 2.01. The van der Waals surface area contributed by atoms with Crippen molar-refractivity contribution in [2.75, 3.05) is 13.1 Å². The van der Waals surface area contributed by atoms with E-state index in [-0.39, 0.29) is 25.5 Å². The van der Waals surface area contributed by atoms with Crippen LogP contribution in [-0.2, 0) is 0 Å². The molecule has 1 heterocycles. The topological polar surface area (TPSA) is 32.3 Å². The standard InChI is InChI=1S/C4H7F2NO.ClH/c5-3(6)4(8)1-7-2-4;/h3,7-8H,1-2H2;1H. The molecule has 0 saturated carbocycles. The lowest BCUT2D eigenvalue weighted by molar-refractivity contribution is -0.125. The van der Waals surface area contributed by atoms with Gasteiger partial charge in [0.25, 0.3) is 6.43 Å². The molecule has 56 valence electrons. The summed E-state index contributed by atoms with van der Waals surface area (Å²) in [5.41, 5.74) is -1.72. The highest BCUT2D eigenvalue weighted by Gasteiger charge is 2.43. The molecular formula is C4H8ClF2NO. The molecule has 0 radical (unpaired) electrons. The van der Waals surface area contributed by atoms with Crippen LogP contribution in [0.3, 0.4) is 0 Å². The summed E-state index contributed by atoms with van der Waals surface area (Å²) >= 11 is 0. The van der Waals surface area contributed by atoms with Crippen molar-refractivity contribution in [3.8, 4) is 0 Å². The number of β-amino-alcohol motifs (C(OH)–C–C–N with tert-alkyl or cyclic N) is 1. The summed E-state index contributed by atoms with van der Waals surface area (Å²) in [5.74, 6) is 0. The molecule has 1 saturated heterocycles. The fourth-order valence-corrected chi connectivity index (χ4v) is 0.535. The normalized spacial score (nSPS) is 22.7. The largest absolute Gasteiger partial charge is 0.381 e. The third-order valence-electron chi connectivity index (χ3n) is 1.27. The Hall–Kier alpha value is 0.0700. The fourth-order valence-electron chi connectivity index (χ4n) is 0.535. The lowest BCUT2D eigenvalue weighted by Crippen LogP contribution is -2.63. The Bertz CT molecular complexity index is 96.6. The summed E-state index contributed by atoms with van der Waals surface area (Å²) in [6.45, 7) is 0.0370. The van der Waals surface area contributed by atoms with Gasteiger partial charge in [-0.25, -0.2) is 8.78 Å². The molecule has 0 aromatic rings. The Morgan fingerprint density at radius 2 is 1.89 bits per heavy atom. The molecule has 2 N–H and O–H groups in total. The number of rotatable bonds is 1. The van der Waals surface area contributed by atoms with Crippen LogP contribution in [0.1, 0.15) is 0 Å². The van der Waals surface area contributed by atoms with Crippen LogP contribution in [0.25, 0.3) is 0 Å². The molecule has 9 heavy (non-hydrogen) atoms. The third kappa shape index (κ3) is 1.50. The SMILES string of the molecule is Cl.OC1(C(F)F)CNC1. The lowest BCUT2D eigenvalue weighted by atomic mass is 9.99. The minimum Gasteiger partial charge on any atom is -0.381 e. The van der Waals surface area contributed by atoms with Gasteiger partial charge < -0.3 is 10.4 Å². The van der Waals surface area contributed by atoms with Gasteiger partial charge in [-0.15, -0.1) is 12.4 Å². The second-order valence-corrected chi connectivity index (χ2v) is 2.01. The van der Waals surface area contributed by atoms with Crippen molar-refractivity contribution >= 4 is 12.4 Å². The summed E-state index contributed by atoms with van der Waals surface area (Å²) in [6, 6.07) is 0. The highest BCUT2D eigenvalue weighted by molar-refractivity contribution is 5.85. The van der Waals surface area contributed by atoms with Crippen LogP contribution < -0.4 is 5.32 Å². The third-order valence-corrected chi connectivity index (χ3v) is 1.27. The van der Waals surface area contributed by atoms with Crippen LogP contribution in [-0.4, -0.2) is 30.2 Å². The van der Waals surface area contributed by atoms with Crippen molar-refractivity contribution in [1.29, 1.82) is 0 Å². The summed E-state index contributed by atoms with van der Waals surface area (Å²) in [5, 5.41) is 11.2. The van der Waals surface area contributed by atoms with Gasteiger partial charge >= 0.3 is 0 Å². The fraction of sp³-hybridized carbons (Fsp3) is 1.00. The van der Waals surface area contributed by atoms with E-state index in [1.165, 1.54) is 0 Å². The predicted molar refractivity (Wildman–Crippen MR) is 31.1 cm³/mol. The summed E-state index contributed by atoms with van der Waals surface area (Å²) in [6.07, 6.45) is -2.61. The Morgan fingerprint density at radius 3 is 1.89 bits per heavy atom.